The Morgan fingerprint density at radius 3 is 2.36 bits per heavy atom. The molecule has 2 heterocycles. The number of likely N-dealkylation sites (tertiary alicyclic amines) is 1. The Bertz CT molecular complexity index is 1340. The first-order valence-corrected chi connectivity index (χ1v) is 15.9. The van der Waals surface area contributed by atoms with Crippen molar-refractivity contribution in [1.29, 1.82) is 0 Å². The van der Waals surface area contributed by atoms with Crippen molar-refractivity contribution in [3.05, 3.63) is 40.7 Å². The maximum atomic E-state index is 13.9. The Hall–Kier alpha value is -2.52. The maximum absolute atomic E-state index is 13.9. The second-order valence-corrected chi connectivity index (χ2v) is 15.5. The van der Waals surface area contributed by atoms with Gasteiger partial charge in [0.05, 0.1) is 11.1 Å². The number of amides is 2. The number of nitrogens with zero attached hydrogens (tertiary/aromatic N) is 5. The molecular weight excluding hydrogens is 552 g/mol. The normalized spacial score (nSPS) is 34.0. The van der Waals surface area contributed by atoms with E-state index < -0.39 is 17.1 Å². The third-order valence-corrected chi connectivity index (χ3v) is 11.2. The van der Waals surface area contributed by atoms with E-state index in [1.807, 2.05) is 56.4 Å². The number of carbonyl (C=O) groups excluding carboxylic acids is 2. The number of halogens is 1. The molecule has 4 aliphatic carbocycles. The van der Waals surface area contributed by atoms with Crippen molar-refractivity contribution in [2.45, 2.75) is 103 Å². The van der Waals surface area contributed by atoms with Gasteiger partial charge in [-0.25, -0.2) is 0 Å². The zero-order valence-corrected chi connectivity index (χ0v) is 26.3. The molecule has 0 spiro atoms. The Morgan fingerprint density at radius 1 is 1.12 bits per heavy atom. The number of aryl methyl sites for hydroxylation is 1. The molecule has 2 unspecified atom stereocenters. The van der Waals surface area contributed by atoms with Crippen LogP contribution >= 0.6 is 11.6 Å². The van der Waals surface area contributed by atoms with Crippen LogP contribution in [0.1, 0.15) is 90.4 Å². The number of nitrogens with one attached hydrogen (secondary N) is 1. The quantitative estimate of drug-likeness (QED) is 0.483. The molecular formula is C32H45ClN6O3. The van der Waals surface area contributed by atoms with Crippen molar-refractivity contribution < 1.29 is 14.7 Å². The molecule has 1 aliphatic heterocycles. The van der Waals surface area contributed by atoms with Crippen molar-refractivity contribution in [3.63, 3.8) is 0 Å². The van der Waals surface area contributed by atoms with Gasteiger partial charge in [0.1, 0.15) is 6.04 Å². The van der Waals surface area contributed by atoms with Crippen molar-refractivity contribution in [2.75, 3.05) is 13.1 Å². The van der Waals surface area contributed by atoms with Crippen LogP contribution in [-0.4, -0.2) is 61.2 Å². The van der Waals surface area contributed by atoms with Gasteiger partial charge in [0.15, 0.2) is 5.82 Å². The number of hydrogen-bond acceptors (Lipinski definition) is 6. The number of hydrogen-bond donors (Lipinski definition) is 2. The minimum Gasteiger partial charge on any atom is -0.384 e. The molecule has 1 aromatic heterocycles. The fraction of sp³-hybridized carbons (Fsp3) is 0.719. The second kappa shape index (κ2) is 10.3. The summed E-state index contributed by atoms with van der Waals surface area (Å²) in [5, 5.41) is 28.8. The monoisotopic (exact) mass is 596 g/mol. The lowest BCUT2D eigenvalue weighted by Crippen LogP contribution is -2.61. The fourth-order valence-corrected chi connectivity index (χ4v) is 9.50. The molecule has 7 rings (SSSR count). The number of piperidine rings is 1. The van der Waals surface area contributed by atoms with Crippen LogP contribution in [0.5, 0.6) is 0 Å². The van der Waals surface area contributed by atoms with Gasteiger partial charge in [0, 0.05) is 29.9 Å². The molecule has 1 aromatic carbocycles. The average molecular weight is 597 g/mol. The van der Waals surface area contributed by atoms with Gasteiger partial charge in [-0.15, -0.1) is 10.2 Å². The van der Waals surface area contributed by atoms with Crippen LogP contribution in [0, 0.1) is 35.5 Å². The molecule has 4 bridgehead atoms. The van der Waals surface area contributed by atoms with E-state index in [2.05, 4.69) is 20.7 Å². The van der Waals surface area contributed by atoms with Gasteiger partial charge in [-0.2, -0.15) is 4.80 Å². The summed E-state index contributed by atoms with van der Waals surface area (Å²) in [6, 6.07) is 6.71. The van der Waals surface area contributed by atoms with Crippen molar-refractivity contribution in [2.24, 2.45) is 28.6 Å². The van der Waals surface area contributed by atoms with Gasteiger partial charge >= 0.3 is 0 Å². The first-order valence-electron chi connectivity index (χ1n) is 15.6. The smallest absolute Gasteiger partial charge is 0.245 e. The van der Waals surface area contributed by atoms with Gasteiger partial charge < -0.3 is 15.3 Å². The third kappa shape index (κ3) is 5.04. The second-order valence-electron chi connectivity index (χ2n) is 15.0. The number of carbonyl (C=O) groups is 2. The summed E-state index contributed by atoms with van der Waals surface area (Å²) in [6.45, 7) is 10.7. The summed E-state index contributed by atoms with van der Waals surface area (Å²) < 4.78 is 0. The van der Waals surface area contributed by atoms with Crippen LogP contribution < -0.4 is 5.32 Å². The highest BCUT2D eigenvalue weighted by Gasteiger charge is 2.60. The fourth-order valence-electron chi connectivity index (χ4n) is 9.37. The largest absolute Gasteiger partial charge is 0.384 e. The van der Waals surface area contributed by atoms with Gasteiger partial charge in [-0.3, -0.25) is 9.59 Å². The van der Waals surface area contributed by atoms with E-state index in [0.717, 1.165) is 37.7 Å². The molecule has 2 aromatic rings. The molecule has 5 aliphatic rings. The highest BCUT2D eigenvalue weighted by Crippen LogP contribution is 2.65. The van der Waals surface area contributed by atoms with Gasteiger partial charge in [-0.1, -0.05) is 51.4 Å². The molecule has 2 N–H and O–H groups in total. The summed E-state index contributed by atoms with van der Waals surface area (Å²) in [4.78, 5) is 31.4. The van der Waals surface area contributed by atoms with Gasteiger partial charge in [0.25, 0.3) is 0 Å². The SMILES string of the molecule is Cc1nnn(C23CC4CC(CC(CC(=O)N[C@@H](C(=O)N5CC[C@](O)(c6ccc(Cl)cc6)C(C)(C)C5)C(C)C)(C4)C2)C3)n1. The Labute approximate surface area is 253 Å². The van der Waals surface area contributed by atoms with Crippen LogP contribution in [0.3, 0.4) is 0 Å². The maximum Gasteiger partial charge on any atom is 0.245 e. The minimum atomic E-state index is -1.09. The zero-order valence-electron chi connectivity index (χ0n) is 25.6. The molecule has 1 saturated heterocycles. The molecule has 228 valence electrons. The Morgan fingerprint density at radius 2 is 1.79 bits per heavy atom. The highest BCUT2D eigenvalue weighted by atomic mass is 35.5. The molecule has 2 amide bonds. The van der Waals surface area contributed by atoms with Gasteiger partial charge in [0.2, 0.25) is 11.8 Å². The van der Waals surface area contributed by atoms with Crippen molar-refractivity contribution >= 4 is 23.4 Å². The van der Waals surface area contributed by atoms with E-state index in [0.29, 0.717) is 48.6 Å². The average Bonchev–Trinajstić information content (AvgIpc) is 3.35. The molecule has 9 nitrogen and oxygen atoms in total. The van der Waals surface area contributed by atoms with Crippen molar-refractivity contribution in [3.8, 4) is 0 Å². The van der Waals surface area contributed by atoms with E-state index in [-0.39, 0.29) is 28.7 Å². The predicted octanol–water partition coefficient (Wildman–Crippen LogP) is 4.61. The molecule has 10 heteroatoms. The summed E-state index contributed by atoms with van der Waals surface area (Å²) >= 11 is 6.09. The van der Waals surface area contributed by atoms with Crippen LogP contribution in [0.2, 0.25) is 5.02 Å². The molecule has 4 saturated carbocycles. The van der Waals surface area contributed by atoms with Crippen LogP contribution in [-0.2, 0) is 20.7 Å². The molecule has 5 fully saturated rings. The van der Waals surface area contributed by atoms with E-state index in [4.69, 9.17) is 11.6 Å². The molecule has 4 atom stereocenters. The van der Waals surface area contributed by atoms with E-state index >= 15 is 0 Å². The predicted molar refractivity (Wildman–Crippen MR) is 159 cm³/mol. The third-order valence-electron chi connectivity index (χ3n) is 11.0. The van der Waals surface area contributed by atoms with E-state index in [1.54, 1.807) is 12.1 Å². The number of benzene rings is 1. The number of tetrazole rings is 1. The van der Waals surface area contributed by atoms with E-state index in [9.17, 15) is 14.7 Å². The lowest BCUT2D eigenvalue weighted by Gasteiger charge is -2.61. The Balaban J connectivity index is 1.15. The molecule has 0 radical (unpaired) electrons. The Kier molecular flexibility index (Phi) is 7.24. The summed E-state index contributed by atoms with van der Waals surface area (Å²) in [5.41, 5.74) is -1.12. The lowest BCUT2D eigenvalue weighted by atomic mass is 9.46. The summed E-state index contributed by atoms with van der Waals surface area (Å²) in [5.74, 6) is 1.64. The first kappa shape index (κ1) is 29.5. The van der Waals surface area contributed by atoms with Crippen molar-refractivity contribution in [1.82, 2.24) is 30.4 Å². The minimum absolute atomic E-state index is 0.0455. The summed E-state index contributed by atoms with van der Waals surface area (Å²) in [6.07, 6.45) is 7.17. The zero-order chi connectivity index (χ0) is 30.1. The van der Waals surface area contributed by atoms with E-state index in [1.165, 1.54) is 6.42 Å². The standard InChI is InChI=1S/C32H45ClN6O3/c1-20(2)27(28(41)38-11-10-32(42,29(4,5)19-38)24-6-8-25(33)9-7-24)34-26(40)17-30-13-22-12-23(14-30)16-31(15-22,18-30)39-36-21(3)35-37-39/h6-9,20,22-23,27,42H,10-19H2,1-5H3,(H,34,40)/t22?,23?,27-,30?,31?,32+/m1/s1. The van der Waals surface area contributed by atoms with Gasteiger partial charge in [-0.05, 0) is 97.9 Å². The lowest BCUT2D eigenvalue weighted by molar-refractivity contribution is -0.157. The number of rotatable bonds is 7. The number of aliphatic hydroxyl groups is 1. The number of aromatic nitrogens is 4. The van der Waals surface area contributed by atoms with Crippen LogP contribution in [0.25, 0.3) is 0 Å². The topological polar surface area (TPSA) is 113 Å². The first-order chi connectivity index (χ1) is 19.7. The summed E-state index contributed by atoms with van der Waals surface area (Å²) in [7, 11) is 0. The molecule has 42 heavy (non-hydrogen) atoms. The van der Waals surface area contributed by atoms with Crippen LogP contribution in [0.4, 0.5) is 0 Å². The highest BCUT2D eigenvalue weighted by molar-refractivity contribution is 6.30. The van der Waals surface area contributed by atoms with Crippen LogP contribution in [0.15, 0.2) is 24.3 Å².